The Hall–Kier alpha value is -0.930. The first kappa shape index (κ1) is 13.5. The molecule has 2 rings (SSSR count). The molecular weight excluding hydrogens is 231 g/mol. The van der Waals surface area contributed by atoms with E-state index in [1.807, 2.05) is 6.92 Å². The maximum Gasteiger partial charge on any atom is 0.123 e. The van der Waals surface area contributed by atoms with Gasteiger partial charge in [-0.15, -0.1) is 0 Å². The van der Waals surface area contributed by atoms with Gasteiger partial charge in [0.2, 0.25) is 0 Å². The zero-order valence-electron chi connectivity index (χ0n) is 11.1. The number of hydrogen-bond acceptors (Lipinski definition) is 2. The number of halogens is 1. The summed E-state index contributed by atoms with van der Waals surface area (Å²) in [6.07, 6.45) is 3.87. The lowest BCUT2D eigenvalue weighted by atomic mass is 9.75. The van der Waals surface area contributed by atoms with Crippen molar-refractivity contribution in [2.45, 2.75) is 50.7 Å². The highest BCUT2D eigenvalue weighted by Crippen LogP contribution is 2.39. The van der Waals surface area contributed by atoms with Crippen LogP contribution in [0.15, 0.2) is 18.2 Å². The molecule has 18 heavy (non-hydrogen) atoms. The third-order valence-corrected chi connectivity index (χ3v) is 4.07. The predicted octanol–water partition coefficient (Wildman–Crippen LogP) is 3.00. The van der Waals surface area contributed by atoms with E-state index >= 15 is 0 Å². The van der Waals surface area contributed by atoms with E-state index < -0.39 is 6.10 Å². The van der Waals surface area contributed by atoms with Gasteiger partial charge in [0, 0.05) is 13.5 Å². The average molecular weight is 252 g/mol. The minimum absolute atomic E-state index is 0.138. The van der Waals surface area contributed by atoms with Crippen LogP contribution in [-0.4, -0.2) is 23.9 Å². The van der Waals surface area contributed by atoms with E-state index in [2.05, 4.69) is 0 Å². The Morgan fingerprint density at radius 3 is 2.72 bits per heavy atom. The molecule has 0 aromatic heterocycles. The van der Waals surface area contributed by atoms with Crippen LogP contribution in [0.2, 0.25) is 0 Å². The molecular formula is C15H21FO2. The van der Waals surface area contributed by atoms with Crippen molar-refractivity contribution in [3.8, 4) is 0 Å². The molecule has 1 aromatic rings. The molecule has 0 saturated heterocycles. The number of aliphatic hydroxyl groups excluding tert-OH is 1. The van der Waals surface area contributed by atoms with Crippen molar-refractivity contribution in [2.75, 3.05) is 7.11 Å². The quantitative estimate of drug-likeness (QED) is 0.873. The van der Waals surface area contributed by atoms with Crippen LogP contribution in [0.4, 0.5) is 4.39 Å². The summed E-state index contributed by atoms with van der Waals surface area (Å²) in [6, 6.07) is 4.72. The molecule has 0 aliphatic heterocycles. The summed E-state index contributed by atoms with van der Waals surface area (Å²) in [7, 11) is 1.71. The van der Waals surface area contributed by atoms with E-state index in [4.69, 9.17) is 4.74 Å². The summed E-state index contributed by atoms with van der Waals surface area (Å²) in [6.45, 7) is 1.94. The molecule has 1 aromatic carbocycles. The molecule has 0 amide bonds. The Morgan fingerprint density at radius 1 is 1.44 bits per heavy atom. The van der Waals surface area contributed by atoms with Crippen molar-refractivity contribution in [2.24, 2.45) is 0 Å². The van der Waals surface area contributed by atoms with Gasteiger partial charge in [-0.3, -0.25) is 0 Å². The van der Waals surface area contributed by atoms with Gasteiger partial charge in [0.05, 0.1) is 11.7 Å². The SMILES string of the molecule is COC1(CC(O)Cc2cc(F)ccc2C)CCC1. The van der Waals surface area contributed by atoms with E-state index in [1.165, 1.54) is 18.6 Å². The fraction of sp³-hybridized carbons (Fsp3) is 0.600. The van der Waals surface area contributed by atoms with Gasteiger partial charge >= 0.3 is 0 Å². The minimum atomic E-state index is -0.467. The molecule has 1 saturated carbocycles. The van der Waals surface area contributed by atoms with Crippen molar-refractivity contribution in [1.29, 1.82) is 0 Å². The molecule has 1 unspecified atom stereocenters. The van der Waals surface area contributed by atoms with Crippen molar-refractivity contribution < 1.29 is 14.2 Å². The summed E-state index contributed by atoms with van der Waals surface area (Å²) < 4.78 is 18.7. The molecule has 1 aliphatic carbocycles. The molecule has 0 spiro atoms. The number of aliphatic hydroxyl groups is 1. The van der Waals surface area contributed by atoms with Gasteiger partial charge in [-0.2, -0.15) is 0 Å². The highest BCUT2D eigenvalue weighted by atomic mass is 19.1. The van der Waals surface area contributed by atoms with Crippen LogP contribution in [0.1, 0.15) is 36.8 Å². The lowest BCUT2D eigenvalue weighted by Gasteiger charge is -2.42. The molecule has 0 bridgehead atoms. The van der Waals surface area contributed by atoms with Crippen molar-refractivity contribution in [3.63, 3.8) is 0 Å². The van der Waals surface area contributed by atoms with Gasteiger partial charge in [-0.05, 0) is 55.9 Å². The Kier molecular flexibility index (Phi) is 4.03. The number of rotatable bonds is 5. The number of benzene rings is 1. The molecule has 1 atom stereocenters. The second kappa shape index (κ2) is 5.37. The van der Waals surface area contributed by atoms with Crippen LogP contribution in [0.25, 0.3) is 0 Å². The lowest BCUT2D eigenvalue weighted by molar-refractivity contribution is -0.0989. The maximum absolute atomic E-state index is 13.2. The van der Waals surface area contributed by atoms with Crippen molar-refractivity contribution >= 4 is 0 Å². The summed E-state index contributed by atoms with van der Waals surface area (Å²) in [5, 5.41) is 10.1. The first-order chi connectivity index (χ1) is 8.54. The van der Waals surface area contributed by atoms with Gasteiger partial charge < -0.3 is 9.84 Å². The van der Waals surface area contributed by atoms with Gasteiger partial charge in [-0.25, -0.2) is 4.39 Å². The van der Waals surface area contributed by atoms with Crippen molar-refractivity contribution in [1.82, 2.24) is 0 Å². The van der Waals surface area contributed by atoms with Gasteiger partial charge in [0.15, 0.2) is 0 Å². The molecule has 1 fully saturated rings. The monoisotopic (exact) mass is 252 g/mol. The van der Waals surface area contributed by atoms with Crippen LogP contribution in [0.5, 0.6) is 0 Å². The van der Waals surface area contributed by atoms with Crippen LogP contribution in [-0.2, 0) is 11.2 Å². The van der Waals surface area contributed by atoms with Crippen LogP contribution in [0.3, 0.4) is 0 Å². The van der Waals surface area contributed by atoms with E-state index in [0.29, 0.717) is 12.8 Å². The minimum Gasteiger partial charge on any atom is -0.393 e. The summed E-state index contributed by atoms with van der Waals surface area (Å²) in [4.78, 5) is 0. The molecule has 100 valence electrons. The molecule has 2 nitrogen and oxygen atoms in total. The number of hydrogen-bond donors (Lipinski definition) is 1. The number of ether oxygens (including phenoxy) is 1. The summed E-state index contributed by atoms with van der Waals surface area (Å²) in [5.41, 5.74) is 1.77. The normalized spacial score (nSPS) is 19.3. The van der Waals surface area contributed by atoms with Crippen LogP contribution in [0, 0.1) is 12.7 Å². The highest BCUT2D eigenvalue weighted by molar-refractivity contribution is 5.27. The van der Waals surface area contributed by atoms with E-state index in [9.17, 15) is 9.50 Å². The largest absolute Gasteiger partial charge is 0.393 e. The Labute approximate surface area is 108 Å². The smallest absolute Gasteiger partial charge is 0.123 e. The Balaban J connectivity index is 1.98. The zero-order valence-corrected chi connectivity index (χ0v) is 11.1. The standard InChI is InChI=1S/C15H21FO2/c1-11-4-5-13(16)8-12(11)9-14(17)10-15(18-2)6-3-7-15/h4-5,8,14,17H,3,6-7,9-10H2,1-2H3. The molecule has 0 radical (unpaired) electrons. The van der Waals surface area contributed by atoms with Crippen LogP contribution >= 0.6 is 0 Å². The maximum atomic E-state index is 13.2. The third kappa shape index (κ3) is 2.90. The lowest BCUT2D eigenvalue weighted by Crippen LogP contribution is -2.42. The Bertz CT molecular complexity index is 407. The first-order valence-electron chi connectivity index (χ1n) is 6.53. The molecule has 3 heteroatoms. The van der Waals surface area contributed by atoms with Gasteiger partial charge in [-0.1, -0.05) is 6.07 Å². The Morgan fingerprint density at radius 2 is 2.17 bits per heavy atom. The van der Waals surface area contributed by atoms with E-state index in [0.717, 1.165) is 24.0 Å². The first-order valence-corrected chi connectivity index (χ1v) is 6.53. The van der Waals surface area contributed by atoms with Gasteiger partial charge in [0.25, 0.3) is 0 Å². The zero-order chi connectivity index (χ0) is 13.2. The average Bonchev–Trinajstić information content (AvgIpc) is 2.28. The summed E-state index contributed by atoms with van der Waals surface area (Å²) in [5.74, 6) is -0.243. The molecule has 1 N–H and O–H groups in total. The fourth-order valence-electron chi connectivity index (χ4n) is 2.68. The molecule has 0 heterocycles. The fourth-order valence-corrected chi connectivity index (χ4v) is 2.68. The predicted molar refractivity (Wildman–Crippen MR) is 69.1 cm³/mol. The second-order valence-electron chi connectivity index (χ2n) is 5.37. The van der Waals surface area contributed by atoms with Crippen LogP contribution < -0.4 is 0 Å². The third-order valence-electron chi connectivity index (χ3n) is 4.07. The summed E-state index contributed by atoms with van der Waals surface area (Å²) >= 11 is 0. The van der Waals surface area contributed by atoms with E-state index in [1.54, 1.807) is 13.2 Å². The van der Waals surface area contributed by atoms with E-state index in [-0.39, 0.29) is 11.4 Å². The molecule has 1 aliphatic rings. The van der Waals surface area contributed by atoms with Crippen molar-refractivity contribution in [3.05, 3.63) is 35.1 Å². The number of aryl methyl sites for hydroxylation is 1. The highest BCUT2D eigenvalue weighted by Gasteiger charge is 2.38. The van der Waals surface area contributed by atoms with Gasteiger partial charge in [0.1, 0.15) is 5.82 Å². The second-order valence-corrected chi connectivity index (χ2v) is 5.37. The number of methoxy groups -OCH3 is 1. The topological polar surface area (TPSA) is 29.5 Å².